The first-order valence-electron chi connectivity index (χ1n) is 8.60. The standard InChI is InChI=1S/C19H19ClFN3O3S/c1-3-19(25)24-18(13-6-9-15(20)16(21)10-13)11-17(22-24)12-4-7-14(8-5-12)23-28(2,26)27/h4-10,18,23H,3,11H2,1-2H3/t18-/m0/s1. The number of carbonyl (C=O) groups is 1. The van der Waals surface area contributed by atoms with Crippen LogP contribution in [-0.2, 0) is 14.8 Å². The highest BCUT2D eigenvalue weighted by molar-refractivity contribution is 7.92. The van der Waals surface area contributed by atoms with Crippen molar-refractivity contribution in [3.8, 4) is 0 Å². The van der Waals surface area contributed by atoms with E-state index in [2.05, 4.69) is 9.82 Å². The topological polar surface area (TPSA) is 78.8 Å². The lowest BCUT2D eigenvalue weighted by molar-refractivity contribution is -0.132. The fraction of sp³-hybridized carbons (Fsp3) is 0.263. The Morgan fingerprint density at radius 2 is 1.96 bits per heavy atom. The van der Waals surface area contributed by atoms with Gasteiger partial charge in [-0.05, 0) is 35.4 Å². The molecule has 1 atom stereocenters. The van der Waals surface area contributed by atoms with E-state index in [-0.39, 0.29) is 17.4 Å². The summed E-state index contributed by atoms with van der Waals surface area (Å²) < 4.78 is 39.0. The van der Waals surface area contributed by atoms with Gasteiger partial charge < -0.3 is 0 Å². The Kier molecular flexibility index (Phi) is 5.71. The smallest absolute Gasteiger partial charge is 0.242 e. The molecule has 0 aromatic heterocycles. The molecule has 0 radical (unpaired) electrons. The molecule has 2 aromatic rings. The predicted molar refractivity (Wildman–Crippen MR) is 107 cm³/mol. The lowest BCUT2D eigenvalue weighted by atomic mass is 9.98. The van der Waals surface area contributed by atoms with Gasteiger partial charge in [0, 0.05) is 18.5 Å². The van der Waals surface area contributed by atoms with E-state index in [0.29, 0.717) is 23.4 Å². The molecule has 6 nitrogen and oxygen atoms in total. The summed E-state index contributed by atoms with van der Waals surface area (Å²) >= 11 is 5.77. The van der Waals surface area contributed by atoms with Gasteiger partial charge in [0.2, 0.25) is 15.9 Å². The highest BCUT2D eigenvalue weighted by Crippen LogP contribution is 2.34. The molecule has 2 aromatic carbocycles. The summed E-state index contributed by atoms with van der Waals surface area (Å²) in [6, 6.07) is 10.7. The van der Waals surface area contributed by atoms with Crippen LogP contribution in [0.4, 0.5) is 10.1 Å². The van der Waals surface area contributed by atoms with Crippen LogP contribution in [0.1, 0.15) is 36.9 Å². The molecule has 0 saturated heterocycles. The van der Waals surface area contributed by atoms with Crippen LogP contribution in [0.3, 0.4) is 0 Å². The minimum absolute atomic E-state index is 0.0187. The average molecular weight is 424 g/mol. The number of hydrazone groups is 1. The highest BCUT2D eigenvalue weighted by Gasteiger charge is 2.32. The molecule has 0 unspecified atom stereocenters. The first-order valence-corrected chi connectivity index (χ1v) is 10.9. The van der Waals surface area contributed by atoms with Gasteiger partial charge in [0.25, 0.3) is 0 Å². The number of nitrogens with zero attached hydrogens (tertiary/aromatic N) is 2. The molecule has 1 aliphatic rings. The van der Waals surface area contributed by atoms with E-state index in [9.17, 15) is 17.6 Å². The van der Waals surface area contributed by atoms with E-state index >= 15 is 0 Å². The van der Waals surface area contributed by atoms with E-state index in [1.54, 1.807) is 37.3 Å². The SMILES string of the molecule is CCC(=O)N1N=C(c2ccc(NS(C)(=O)=O)cc2)C[C@H]1c1ccc(Cl)c(F)c1. The second-order valence-corrected chi connectivity index (χ2v) is 8.64. The van der Waals surface area contributed by atoms with Crippen LogP contribution in [-0.4, -0.2) is 31.3 Å². The van der Waals surface area contributed by atoms with Gasteiger partial charge in [0.05, 0.1) is 23.0 Å². The van der Waals surface area contributed by atoms with E-state index in [1.165, 1.54) is 17.1 Å². The summed E-state index contributed by atoms with van der Waals surface area (Å²) in [5.41, 5.74) is 2.46. The second-order valence-electron chi connectivity index (χ2n) is 6.48. The first kappa shape index (κ1) is 20.3. The largest absolute Gasteiger partial charge is 0.284 e. The molecule has 1 N–H and O–H groups in total. The molecule has 9 heteroatoms. The number of nitrogens with one attached hydrogen (secondary N) is 1. The lowest BCUT2D eigenvalue weighted by Crippen LogP contribution is -2.26. The van der Waals surface area contributed by atoms with Crippen LogP contribution in [0.15, 0.2) is 47.6 Å². The Balaban J connectivity index is 1.90. The zero-order valence-electron chi connectivity index (χ0n) is 15.3. The van der Waals surface area contributed by atoms with Crippen LogP contribution in [0.5, 0.6) is 0 Å². The molecule has 148 valence electrons. The Morgan fingerprint density at radius 3 is 2.54 bits per heavy atom. The summed E-state index contributed by atoms with van der Waals surface area (Å²) in [5.74, 6) is -0.724. The van der Waals surface area contributed by atoms with Crippen molar-refractivity contribution in [3.05, 3.63) is 64.4 Å². The van der Waals surface area contributed by atoms with Crippen molar-refractivity contribution in [2.75, 3.05) is 11.0 Å². The number of anilines is 1. The third kappa shape index (κ3) is 4.51. The molecular weight excluding hydrogens is 405 g/mol. The molecule has 1 aliphatic heterocycles. The molecule has 0 saturated carbocycles. The molecule has 1 amide bonds. The van der Waals surface area contributed by atoms with Crippen LogP contribution < -0.4 is 4.72 Å². The van der Waals surface area contributed by atoms with Crippen molar-refractivity contribution in [1.82, 2.24) is 5.01 Å². The molecule has 1 heterocycles. The van der Waals surface area contributed by atoms with Gasteiger partial charge in [-0.2, -0.15) is 5.10 Å². The minimum atomic E-state index is -3.36. The van der Waals surface area contributed by atoms with E-state index in [4.69, 9.17) is 11.6 Å². The molecule has 28 heavy (non-hydrogen) atoms. The third-order valence-corrected chi connectivity index (χ3v) is 5.23. The zero-order chi connectivity index (χ0) is 20.5. The average Bonchev–Trinajstić information content (AvgIpc) is 3.08. The monoisotopic (exact) mass is 423 g/mol. The van der Waals surface area contributed by atoms with Gasteiger partial charge in [-0.25, -0.2) is 17.8 Å². The van der Waals surface area contributed by atoms with Crippen molar-refractivity contribution in [3.63, 3.8) is 0 Å². The number of sulfonamides is 1. The first-order chi connectivity index (χ1) is 13.2. The van der Waals surface area contributed by atoms with E-state index < -0.39 is 21.9 Å². The molecule has 3 rings (SSSR count). The fourth-order valence-corrected chi connectivity index (χ4v) is 3.68. The number of rotatable bonds is 5. The maximum absolute atomic E-state index is 13.9. The summed E-state index contributed by atoms with van der Waals surface area (Å²) in [4.78, 5) is 12.4. The van der Waals surface area contributed by atoms with Crippen LogP contribution in [0, 0.1) is 5.82 Å². The van der Waals surface area contributed by atoms with Gasteiger partial charge in [-0.1, -0.05) is 36.7 Å². The van der Waals surface area contributed by atoms with Gasteiger partial charge in [-0.15, -0.1) is 0 Å². The summed E-state index contributed by atoms with van der Waals surface area (Å²) in [6.45, 7) is 1.74. The number of benzene rings is 2. The maximum Gasteiger partial charge on any atom is 0.242 e. The van der Waals surface area contributed by atoms with Crippen molar-refractivity contribution < 1.29 is 17.6 Å². The summed E-state index contributed by atoms with van der Waals surface area (Å²) in [6.07, 6.45) is 1.75. The van der Waals surface area contributed by atoms with Gasteiger partial charge >= 0.3 is 0 Å². The van der Waals surface area contributed by atoms with Crippen molar-refractivity contribution in [2.24, 2.45) is 5.10 Å². The molecule has 0 spiro atoms. The highest BCUT2D eigenvalue weighted by atomic mass is 35.5. The Morgan fingerprint density at radius 1 is 1.29 bits per heavy atom. The van der Waals surface area contributed by atoms with Crippen LogP contribution in [0.2, 0.25) is 5.02 Å². The number of hydrogen-bond acceptors (Lipinski definition) is 4. The zero-order valence-corrected chi connectivity index (χ0v) is 16.9. The number of amides is 1. The predicted octanol–water partition coefficient (Wildman–Crippen LogP) is 3.94. The van der Waals surface area contributed by atoms with E-state index in [1.807, 2.05) is 0 Å². The third-order valence-electron chi connectivity index (χ3n) is 4.32. The van der Waals surface area contributed by atoms with Crippen LogP contribution in [0.25, 0.3) is 0 Å². The van der Waals surface area contributed by atoms with E-state index in [0.717, 1.165) is 11.8 Å². The van der Waals surface area contributed by atoms with Gasteiger partial charge in [0.15, 0.2) is 0 Å². The molecular formula is C19H19ClFN3O3S. The molecule has 0 aliphatic carbocycles. The van der Waals surface area contributed by atoms with Gasteiger partial charge in [0.1, 0.15) is 5.82 Å². The summed E-state index contributed by atoms with van der Waals surface area (Å²) in [7, 11) is -3.36. The molecule has 0 fully saturated rings. The van der Waals surface area contributed by atoms with Crippen molar-refractivity contribution in [2.45, 2.75) is 25.8 Å². The Labute approximate surface area is 168 Å². The number of hydrogen-bond donors (Lipinski definition) is 1. The Hall–Kier alpha value is -2.45. The quantitative estimate of drug-likeness (QED) is 0.791. The fourth-order valence-electron chi connectivity index (χ4n) is 3.00. The normalized spacial score (nSPS) is 16.8. The Bertz CT molecular complexity index is 1040. The van der Waals surface area contributed by atoms with Gasteiger partial charge in [-0.3, -0.25) is 9.52 Å². The lowest BCUT2D eigenvalue weighted by Gasteiger charge is -2.21. The maximum atomic E-state index is 13.9. The van der Waals surface area contributed by atoms with Crippen LogP contribution >= 0.6 is 11.6 Å². The van der Waals surface area contributed by atoms with Crippen molar-refractivity contribution in [1.29, 1.82) is 0 Å². The number of carbonyl (C=O) groups excluding carboxylic acids is 1. The molecule has 0 bridgehead atoms. The second kappa shape index (κ2) is 7.89. The minimum Gasteiger partial charge on any atom is -0.284 e. The number of halogens is 2. The van der Waals surface area contributed by atoms with Crippen molar-refractivity contribution >= 4 is 38.9 Å². The summed E-state index contributed by atoms with van der Waals surface area (Å²) in [5, 5.41) is 5.84.